The van der Waals surface area contributed by atoms with Crippen LogP contribution in [0.3, 0.4) is 0 Å². The third-order valence-electron chi connectivity index (χ3n) is 6.73. The van der Waals surface area contributed by atoms with Gasteiger partial charge in [0.1, 0.15) is 5.78 Å². The average Bonchev–Trinajstić information content (AvgIpc) is 2.89. The lowest BCUT2D eigenvalue weighted by Crippen LogP contribution is -2.49. The molecule has 0 aromatic heterocycles. The summed E-state index contributed by atoms with van der Waals surface area (Å²) < 4.78 is 0. The number of carbonyl (C=O) groups excluding carboxylic acids is 1. The van der Waals surface area contributed by atoms with Gasteiger partial charge in [-0.3, -0.25) is 4.79 Å². The maximum Gasteiger partial charge on any atom is 0.145 e. The third kappa shape index (κ3) is 1.74. The molecule has 4 saturated carbocycles. The molecule has 0 saturated heterocycles. The maximum absolute atomic E-state index is 13.3. The standard InChI is InChI=1S/C19H23NO/c21-19(16-10-20-17-4-2-1-3-15(16)17)18-13-6-11-5-12(8-13)9-14(18)7-11/h1-4,11-14,16,18,20H,5-10H2. The van der Waals surface area contributed by atoms with Gasteiger partial charge in [-0.2, -0.15) is 0 Å². The zero-order chi connectivity index (χ0) is 14.0. The van der Waals surface area contributed by atoms with E-state index in [1.54, 1.807) is 0 Å². The van der Waals surface area contributed by atoms with E-state index >= 15 is 0 Å². The van der Waals surface area contributed by atoms with Crippen LogP contribution in [0, 0.1) is 29.6 Å². The van der Waals surface area contributed by atoms with Crippen LogP contribution >= 0.6 is 0 Å². The molecule has 1 heterocycles. The molecule has 1 unspecified atom stereocenters. The molecule has 5 aliphatic rings. The van der Waals surface area contributed by atoms with Gasteiger partial charge in [-0.05, 0) is 67.4 Å². The lowest BCUT2D eigenvalue weighted by atomic mass is 9.50. The fourth-order valence-corrected chi connectivity index (χ4v) is 6.16. The largest absolute Gasteiger partial charge is 0.384 e. The molecule has 4 fully saturated rings. The SMILES string of the molecule is O=C(C1CNc2ccccc21)C1C2CC3CC(C2)CC1C3. The Morgan fingerprint density at radius 2 is 1.62 bits per heavy atom. The van der Waals surface area contributed by atoms with Gasteiger partial charge in [0.05, 0.1) is 5.92 Å². The van der Waals surface area contributed by atoms with Crippen molar-refractivity contribution in [2.24, 2.45) is 29.6 Å². The normalized spacial score (nSPS) is 42.7. The predicted octanol–water partition coefficient (Wildman–Crippen LogP) is 3.84. The van der Waals surface area contributed by atoms with E-state index in [2.05, 4.69) is 29.6 Å². The number of carbonyl (C=O) groups is 1. The summed E-state index contributed by atoms with van der Waals surface area (Å²) in [6, 6.07) is 8.39. The van der Waals surface area contributed by atoms with E-state index in [9.17, 15) is 4.79 Å². The number of hydrogen-bond donors (Lipinski definition) is 1. The van der Waals surface area contributed by atoms with Gasteiger partial charge < -0.3 is 5.32 Å². The van der Waals surface area contributed by atoms with Crippen LogP contribution in [0.15, 0.2) is 24.3 Å². The second kappa shape index (κ2) is 4.34. The molecular formula is C19H23NO. The van der Waals surface area contributed by atoms with Gasteiger partial charge in [0.25, 0.3) is 0 Å². The number of para-hydroxylation sites is 1. The maximum atomic E-state index is 13.3. The second-order valence-electron chi connectivity index (χ2n) is 7.88. The molecule has 1 N–H and O–H groups in total. The first-order valence-corrected chi connectivity index (χ1v) is 8.66. The summed E-state index contributed by atoms with van der Waals surface area (Å²) in [4.78, 5) is 13.3. The van der Waals surface area contributed by atoms with Crippen molar-refractivity contribution in [3.63, 3.8) is 0 Å². The predicted molar refractivity (Wildman–Crippen MR) is 83.2 cm³/mol. The number of ketones is 1. The Labute approximate surface area is 126 Å². The van der Waals surface area contributed by atoms with Gasteiger partial charge >= 0.3 is 0 Å². The van der Waals surface area contributed by atoms with Crippen molar-refractivity contribution in [3.05, 3.63) is 29.8 Å². The zero-order valence-electron chi connectivity index (χ0n) is 12.4. The Morgan fingerprint density at radius 3 is 2.33 bits per heavy atom. The van der Waals surface area contributed by atoms with Crippen LogP contribution in [0.2, 0.25) is 0 Å². The summed E-state index contributed by atoms with van der Waals surface area (Å²) in [5.41, 5.74) is 2.43. The highest BCUT2D eigenvalue weighted by molar-refractivity contribution is 5.92. The molecule has 2 nitrogen and oxygen atoms in total. The first-order chi connectivity index (χ1) is 10.3. The van der Waals surface area contributed by atoms with Gasteiger partial charge in [-0.15, -0.1) is 0 Å². The van der Waals surface area contributed by atoms with Crippen LogP contribution < -0.4 is 5.32 Å². The minimum absolute atomic E-state index is 0.115. The molecule has 0 radical (unpaired) electrons. The van der Waals surface area contributed by atoms with E-state index in [-0.39, 0.29) is 5.92 Å². The van der Waals surface area contributed by atoms with Gasteiger partial charge in [-0.25, -0.2) is 0 Å². The number of Topliss-reactive ketones (excluding diaryl/α,β-unsaturated/α-hetero) is 1. The van der Waals surface area contributed by atoms with Gasteiger partial charge in [-0.1, -0.05) is 18.2 Å². The minimum atomic E-state index is 0.115. The van der Waals surface area contributed by atoms with Crippen molar-refractivity contribution in [1.29, 1.82) is 0 Å². The Balaban J connectivity index is 1.45. The fraction of sp³-hybridized carbons (Fsp3) is 0.632. The molecule has 1 aromatic carbocycles. The van der Waals surface area contributed by atoms with Crippen LogP contribution in [-0.2, 0) is 4.79 Å². The van der Waals surface area contributed by atoms with Crippen molar-refractivity contribution in [1.82, 2.24) is 0 Å². The van der Waals surface area contributed by atoms with Crippen molar-refractivity contribution < 1.29 is 4.79 Å². The fourth-order valence-electron chi connectivity index (χ4n) is 6.16. The average molecular weight is 281 g/mol. The van der Waals surface area contributed by atoms with Crippen molar-refractivity contribution in [3.8, 4) is 0 Å². The first kappa shape index (κ1) is 12.3. The van der Waals surface area contributed by atoms with E-state index in [4.69, 9.17) is 0 Å². The van der Waals surface area contributed by atoms with Crippen LogP contribution in [0.4, 0.5) is 5.69 Å². The topological polar surface area (TPSA) is 29.1 Å². The van der Waals surface area contributed by atoms with E-state index in [1.807, 2.05) is 0 Å². The second-order valence-corrected chi connectivity index (χ2v) is 7.88. The van der Waals surface area contributed by atoms with Crippen molar-refractivity contribution >= 4 is 11.5 Å². The van der Waals surface area contributed by atoms with Crippen LogP contribution in [0.5, 0.6) is 0 Å². The molecule has 110 valence electrons. The summed E-state index contributed by atoms with van der Waals surface area (Å²) in [5.74, 6) is 4.36. The van der Waals surface area contributed by atoms with Crippen LogP contribution in [0.1, 0.15) is 43.6 Å². The summed E-state index contributed by atoms with van der Waals surface area (Å²) in [5, 5.41) is 3.43. The van der Waals surface area contributed by atoms with Gasteiger partial charge in [0.2, 0.25) is 0 Å². The van der Waals surface area contributed by atoms with Crippen molar-refractivity contribution in [2.45, 2.75) is 38.0 Å². The third-order valence-corrected chi connectivity index (χ3v) is 6.73. The Hall–Kier alpha value is -1.31. The van der Waals surface area contributed by atoms with Gasteiger partial charge in [0.15, 0.2) is 0 Å². The summed E-state index contributed by atoms with van der Waals surface area (Å²) in [6.07, 6.45) is 6.81. The number of hydrogen-bond acceptors (Lipinski definition) is 2. The molecule has 4 aliphatic carbocycles. The lowest BCUT2D eigenvalue weighted by Gasteiger charge is -2.54. The highest BCUT2D eigenvalue weighted by Gasteiger charge is 2.52. The molecule has 0 spiro atoms. The molecule has 6 rings (SSSR count). The number of benzene rings is 1. The molecule has 4 bridgehead atoms. The smallest absolute Gasteiger partial charge is 0.145 e. The zero-order valence-corrected chi connectivity index (χ0v) is 12.4. The summed E-state index contributed by atoms with van der Waals surface area (Å²) in [7, 11) is 0. The van der Waals surface area contributed by atoms with E-state index < -0.39 is 0 Å². The molecule has 1 aliphatic heterocycles. The first-order valence-electron chi connectivity index (χ1n) is 8.66. The molecule has 0 amide bonds. The van der Waals surface area contributed by atoms with Crippen LogP contribution in [-0.4, -0.2) is 12.3 Å². The molecule has 1 atom stereocenters. The van der Waals surface area contributed by atoms with E-state index in [1.165, 1.54) is 43.4 Å². The van der Waals surface area contributed by atoms with E-state index in [0.717, 1.165) is 18.4 Å². The Kier molecular flexibility index (Phi) is 2.54. The number of nitrogens with one attached hydrogen (secondary N) is 1. The Morgan fingerprint density at radius 1 is 0.952 bits per heavy atom. The molecule has 2 heteroatoms. The molecule has 1 aromatic rings. The number of anilines is 1. The molecular weight excluding hydrogens is 258 g/mol. The number of rotatable bonds is 2. The summed E-state index contributed by atoms with van der Waals surface area (Å²) >= 11 is 0. The lowest BCUT2D eigenvalue weighted by molar-refractivity contribution is -0.137. The summed E-state index contributed by atoms with van der Waals surface area (Å²) in [6.45, 7) is 0.820. The monoisotopic (exact) mass is 281 g/mol. The quantitative estimate of drug-likeness (QED) is 0.892. The highest BCUT2D eigenvalue weighted by Crippen LogP contribution is 2.57. The van der Waals surface area contributed by atoms with Crippen molar-refractivity contribution in [2.75, 3.05) is 11.9 Å². The van der Waals surface area contributed by atoms with E-state index in [0.29, 0.717) is 23.5 Å². The Bertz CT molecular complexity index is 565. The molecule has 21 heavy (non-hydrogen) atoms. The number of fused-ring (bicyclic) bond motifs is 1. The minimum Gasteiger partial charge on any atom is -0.384 e. The van der Waals surface area contributed by atoms with Gasteiger partial charge in [0, 0.05) is 18.2 Å². The van der Waals surface area contributed by atoms with Crippen LogP contribution in [0.25, 0.3) is 0 Å². The highest BCUT2D eigenvalue weighted by atomic mass is 16.1.